The van der Waals surface area contributed by atoms with Gasteiger partial charge in [0.05, 0.1) is 0 Å². The molecule has 1 heterocycles. The lowest BCUT2D eigenvalue weighted by atomic mass is 10.1. The van der Waals surface area contributed by atoms with Crippen LogP contribution in [-0.2, 0) is 0 Å². The molecule has 0 bridgehead atoms. The minimum atomic E-state index is 0.499. The standard InChI is InChI=1S/C14H19NO/c1-3-9(4-2)15-10-5-6-13-11(7-10)12-8-14(12)16-13/h5-7,9,12,14-15H,3-4,8H2,1-2H3. The molecule has 1 aliphatic carbocycles. The minimum Gasteiger partial charge on any atom is -0.489 e. The van der Waals surface area contributed by atoms with Gasteiger partial charge in [0.1, 0.15) is 11.9 Å². The van der Waals surface area contributed by atoms with Gasteiger partial charge < -0.3 is 10.1 Å². The van der Waals surface area contributed by atoms with Gasteiger partial charge in [-0.2, -0.15) is 0 Å². The van der Waals surface area contributed by atoms with Crippen LogP contribution in [0.3, 0.4) is 0 Å². The Bertz CT molecular complexity index is 398. The maximum atomic E-state index is 5.77. The number of hydrogen-bond acceptors (Lipinski definition) is 2. The molecule has 2 nitrogen and oxygen atoms in total. The summed E-state index contributed by atoms with van der Waals surface area (Å²) in [4.78, 5) is 0. The van der Waals surface area contributed by atoms with Gasteiger partial charge in [-0.3, -0.25) is 0 Å². The second kappa shape index (κ2) is 3.69. The monoisotopic (exact) mass is 217 g/mol. The molecule has 1 N–H and O–H groups in total. The van der Waals surface area contributed by atoms with E-state index >= 15 is 0 Å². The van der Waals surface area contributed by atoms with E-state index in [-0.39, 0.29) is 0 Å². The Labute approximate surface area is 97.0 Å². The summed E-state index contributed by atoms with van der Waals surface area (Å²) in [6, 6.07) is 7.13. The summed E-state index contributed by atoms with van der Waals surface area (Å²) in [7, 11) is 0. The molecule has 1 fully saturated rings. The molecule has 0 aromatic heterocycles. The van der Waals surface area contributed by atoms with Crippen molar-refractivity contribution in [2.45, 2.75) is 51.2 Å². The molecule has 1 aromatic carbocycles. The molecule has 1 aliphatic heterocycles. The highest BCUT2D eigenvalue weighted by molar-refractivity contribution is 5.56. The highest BCUT2D eigenvalue weighted by atomic mass is 16.5. The minimum absolute atomic E-state index is 0.499. The molecule has 2 heteroatoms. The molecule has 2 aliphatic rings. The zero-order valence-corrected chi connectivity index (χ0v) is 9.99. The SMILES string of the molecule is CCC(CC)Nc1ccc2c(c1)C1CC1O2. The van der Waals surface area contributed by atoms with Crippen LogP contribution >= 0.6 is 0 Å². The fraction of sp³-hybridized carbons (Fsp3) is 0.571. The molecule has 1 aromatic rings. The van der Waals surface area contributed by atoms with Crippen LogP contribution in [0.5, 0.6) is 5.75 Å². The van der Waals surface area contributed by atoms with Crippen LogP contribution in [0.1, 0.15) is 44.6 Å². The van der Waals surface area contributed by atoms with Crippen LogP contribution < -0.4 is 10.1 Å². The van der Waals surface area contributed by atoms with Crippen molar-refractivity contribution in [3.05, 3.63) is 23.8 Å². The van der Waals surface area contributed by atoms with Gasteiger partial charge in [-0.15, -0.1) is 0 Å². The smallest absolute Gasteiger partial charge is 0.123 e. The van der Waals surface area contributed by atoms with Crippen molar-refractivity contribution < 1.29 is 4.74 Å². The average molecular weight is 217 g/mol. The Morgan fingerprint density at radius 3 is 2.94 bits per heavy atom. The first-order valence-corrected chi connectivity index (χ1v) is 6.39. The normalized spacial score (nSPS) is 24.9. The third kappa shape index (κ3) is 1.57. The van der Waals surface area contributed by atoms with Crippen LogP contribution in [0.2, 0.25) is 0 Å². The number of anilines is 1. The molecule has 1 saturated carbocycles. The molecule has 0 spiro atoms. The van der Waals surface area contributed by atoms with Crippen LogP contribution in [0.25, 0.3) is 0 Å². The van der Waals surface area contributed by atoms with Crippen molar-refractivity contribution in [3.8, 4) is 5.75 Å². The van der Waals surface area contributed by atoms with E-state index in [1.807, 2.05) is 0 Å². The number of ether oxygens (including phenoxy) is 1. The lowest BCUT2D eigenvalue weighted by molar-refractivity contribution is 0.318. The predicted molar refractivity (Wildman–Crippen MR) is 66.2 cm³/mol. The molecular weight excluding hydrogens is 198 g/mol. The van der Waals surface area contributed by atoms with E-state index in [1.165, 1.54) is 30.5 Å². The fourth-order valence-corrected chi connectivity index (χ4v) is 2.56. The summed E-state index contributed by atoms with van der Waals surface area (Å²) in [6.07, 6.45) is 4.08. The first-order chi connectivity index (χ1) is 7.81. The van der Waals surface area contributed by atoms with E-state index in [1.54, 1.807) is 0 Å². The van der Waals surface area contributed by atoms with Gasteiger partial charge in [0.2, 0.25) is 0 Å². The summed E-state index contributed by atoms with van der Waals surface area (Å²) in [5.74, 6) is 1.80. The molecular formula is C14H19NO. The zero-order valence-electron chi connectivity index (χ0n) is 9.99. The lowest BCUT2D eigenvalue weighted by Gasteiger charge is -2.17. The second-order valence-corrected chi connectivity index (χ2v) is 4.91. The van der Waals surface area contributed by atoms with Crippen LogP contribution in [-0.4, -0.2) is 12.1 Å². The zero-order chi connectivity index (χ0) is 11.1. The van der Waals surface area contributed by atoms with Crippen molar-refractivity contribution in [1.29, 1.82) is 0 Å². The quantitative estimate of drug-likeness (QED) is 0.833. The predicted octanol–water partition coefficient (Wildman–Crippen LogP) is 3.54. The summed E-state index contributed by atoms with van der Waals surface area (Å²) in [6.45, 7) is 4.46. The summed E-state index contributed by atoms with van der Waals surface area (Å²) in [5, 5.41) is 3.59. The third-order valence-corrected chi connectivity index (χ3v) is 3.78. The highest BCUT2D eigenvalue weighted by Crippen LogP contribution is 2.53. The Kier molecular flexibility index (Phi) is 2.31. The summed E-state index contributed by atoms with van der Waals surface area (Å²) < 4.78 is 5.77. The number of fused-ring (bicyclic) bond motifs is 3. The highest BCUT2D eigenvalue weighted by Gasteiger charge is 2.47. The van der Waals surface area contributed by atoms with Gasteiger partial charge in [-0.1, -0.05) is 13.8 Å². The van der Waals surface area contributed by atoms with E-state index in [9.17, 15) is 0 Å². The Morgan fingerprint density at radius 1 is 1.38 bits per heavy atom. The Hall–Kier alpha value is -1.18. The first-order valence-electron chi connectivity index (χ1n) is 6.39. The largest absolute Gasteiger partial charge is 0.489 e. The summed E-state index contributed by atoms with van der Waals surface area (Å²) >= 11 is 0. The molecule has 2 atom stereocenters. The second-order valence-electron chi connectivity index (χ2n) is 4.91. The van der Waals surface area contributed by atoms with Gasteiger partial charge in [0, 0.05) is 23.2 Å². The maximum absolute atomic E-state index is 5.77. The van der Waals surface area contributed by atoms with Crippen molar-refractivity contribution in [2.75, 3.05) is 5.32 Å². The topological polar surface area (TPSA) is 21.3 Å². The third-order valence-electron chi connectivity index (χ3n) is 3.78. The van der Waals surface area contributed by atoms with Gasteiger partial charge in [0.15, 0.2) is 0 Å². The summed E-state index contributed by atoms with van der Waals surface area (Å²) in [5.41, 5.74) is 2.67. The van der Waals surface area contributed by atoms with Crippen molar-refractivity contribution in [3.63, 3.8) is 0 Å². The molecule has 0 saturated heterocycles. The van der Waals surface area contributed by atoms with Crippen LogP contribution in [0.4, 0.5) is 5.69 Å². The van der Waals surface area contributed by atoms with E-state index in [2.05, 4.69) is 37.4 Å². The number of benzene rings is 1. The maximum Gasteiger partial charge on any atom is 0.123 e. The van der Waals surface area contributed by atoms with Crippen LogP contribution in [0.15, 0.2) is 18.2 Å². The molecule has 3 rings (SSSR count). The van der Waals surface area contributed by atoms with Gasteiger partial charge in [-0.05, 0) is 37.5 Å². The molecule has 0 amide bonds. The van der Waals surface area contributed by atoms with Gasteiger partial charge in [0.25, 0.3) is 0 Å². The lowest BCUT2D eigenvalue weighted by Crippen LogP contribution is -2.16. The molecule has 0 radical (unpaired) electrons. The van der Waals surface area contributed by atoms with E-state index in [0.29, 0.717) is 18.1 Å². The number of nitrogens with one attached hydrogen (secondary N) is 1. The van der Waals surface area contributed by atoms with Crippen molar-refractivity contribution >= 4 is 5.69 Å². The van der Waals surface area contributed by atoms with Crippen LogP contribution in [0, 0.1) is 0 Å². The average Bonchev–Trinajstić information content (AvgIpc) is 3.00. The van der Waals surface area contributed by atoms with Gasteiger partial charge >= 0.3 is 0 Å². The number of hydrogen-bond donors (Lipinski definition) is 1. The van der Waals surface area contributed by atoms with Crippen molar-refractivity contribution in [1.82, 2.24) is 0 Å². The number of rotatable bonds is 4. The molecule has 16 heavy (non-hydrogen) atoms. The Balaban J connectivity index is 1.79. The van der Waals surface area contributed by atoms with Crippen molar-refractivity contribution in [2.24, 2.45) is 0 Å². The van der Waals surface area contributed by atoms with Gasteiger partial charge in [-0.25, -0.2) is 0 Å². The van der Waals surface area contributed by atoms with E-state index in [4.69, 9.17) is 4.74 Å². The molecule has 2 unspecified atom stereocenters. The fourth-order valence-electron chi connectivity index (χ4n) is 2.56. The molecule has 86 valence electrons. The van der Waals surface area contributed by atoms with E-state index in [0.717, 1.165) is 5.75 Å². The van der Waals surface area contributed by atoms with E-state index < -0.39 is 0 Å². The Morgan fingerprint density at radius 2 is 2.19 bits per heavy atom. The first kappa shape index (κ1) is 10.0.